The third-order valence-electron chi connectivity index (χ3n) is 5.54. The zero-order valence-corrected chi connectivity index (χ0v) is 16.0. The molecule has 1 N–H and O–H groups in total. The molecule has 0 aliphatic carbocycles. The van der Waals surface area contributed by atoms with Crippen LogP contribution in [0.5, 0.6) is 0 Å². The largest absolute Gasteiger partial charge is 0.317 e. The molecular formula is C21H24N6. The summed E-state index contributed by atoms with van der Waals surface area (Å²) in [7, 11) is 0. The van der Waals surface area contributed by atoms with Gasteiger partial charge >= 0.3 is 0 Å². The number of aryl methyl sites for hydroxylation is 3. The minimum atomic E-state index is 0.555. The van der Waals surface area contributed by atoms with Crippen molar-refractivity contribution in [1.29, 1.82) is 0 Å². The molecule has 5 rings (SSSR count). The smallest absolute Gasteiger partial charge is 0.156 e. The summed E-state index contributed by atoms with van der Waals surface area (Å²) in [6.07, 6.45) is 8.65. The van der Waals surface area contributed by atoms with Gasteiger partial charge < -0.3 is 9.72 Å². The zero-order chi connectivity index (χ0) is 18.5. The van der Waals surface area contributed by atoms with E-state index in [0.29, 0.717) is 5.92 Å². The fraction of sp³-hybridized carbons (Fsp3) is 0.381. The molecule has 27 heavy (non-hydrogen) atoms. The lowest BCUT2D eigenvalue weighted by Gasteiger charge is -2.20. The van der Waals surface area contributed by atoms with Gasteiger partial charge in [0.15, 0.2) is 5.65 Å². The second-order valence-electron chi connectivity index (χ2n) is 7.70. The molecule has 6 heteroatoms. The number of pyridine rings is 1. The maximum atomic E-state index is 4.94. The Kier molecular flexibility index (Phi) is 3.75. The lowest BCUT2D eigenvalue weighted by molar-refractivity contribution is 0.454. The maximum Gasteiger partial charge on any atom is 0.156 e. The molecule has 0 unspecified atom stereocenters. The normalized spacial score (nSPS) is 15.8. The summed E-state index contributed by atoms with van der Waals surface area (Å²) in [4.78, 5) is 9.49. The van der Waals surface area contributed by atoms with Crippen LogP contribution in [0.25, 0.3) is 22.6 Å². The number of imidazole rings is 2. The monoisotopic (exact) mass is 360 g/mol. The van der Waals surface area contributed by atoms with Crippen LogP contribution in [-0.2, 0) is 0 Å². The predicted molar refractivity (Wildman–Crippen MR) is 106 cm³/mol. The highest BCUT2D eigenvalue weighted by molar-refractivity contribution is 5.66. The van der Waals surface area contributed by atoms with Gasteiger partial charge in [0.2, 0.25) is 0 Å². The van der Waals surface area contributed by atoms with Crippen LogP contribution >= 0.6 is 0 Å². The number of hydrogen-bond donors (Lipinski definition) is 1. The molecule has 4 aromatic rings. The van der Waals surface area contributed by atoms with Crippen molar-refractivity contribution in [2.75, 3.05) is 13.1 Å². The van der Waals surface area contributed by atoms with E-state index in [1.54, 1.807) is 0 Å². The Bertz CT molecular complexity index is 1150. The van der Waals surface area contributed by atoms with E-state index < -0.39 is 0 Å². The van der Waals surface area contributed by atoms with E-state index >= 15 is 0 Å². The third kappa shape index (κ3) is 2.80. The first-order chi connectivity index (χ1) is 13.1. The van der Waals surface area contributed by atoms with Crippen molar-refractivity contribution in [1.82, 2.24) is 29.3 Å². The fourth-order valence-electron chi connectivity index (χ4n) is 4.13. The van der Waals surface area contributed by atoms with Crippen LogP contribution in [0.4, 0.5) is 0 Å². The highest BCUT2D eigenvalue weighted by atomic mass is 15.2. The molecule has 0 bridgehead atoms. The van der Waals surface area contributed by atoms with E-state index in [9.17, 15) is 0 Å². The summed E-state index contributed by atoms with van der Waals surface area (Å²) in [6.45, 7) is 8.37. The maximum absolute atomic E-state index is 4.94. The molecule has 0 spiro atoms. The number of aromatic nitrogens is 5. The summed E-state index contributed by atoms with van der Waals surface area (Å²) in [6, 6.07) is 4.30. The molecule has 0 aromatic carbocycles. The SMILES string of the molecule is Cc1cn2nc(-c3cc(C)c4nc(C5CCNCC5)cn4c3)cc(C)c2n1. The van der Waals surface area contributed by atoms with Crippen LogP contribution in [0.2, 0.25) is 0 Å². The van der Waals surface area contributed by atoms with Gasteiger partial charge in [-0.2, -0.15) is 5.10 Å². The molecule has 1 fully saturated rings. The minimum absolute atomic E-state index is 0.555. The highest BCUT2D eigenvalue weighted by Crippen LogP contribution is 2.28. The van der Waals surface area contributed by atoms with Gasteiger partial charge in [0.25, 0.3) is 0 Å². The Hall–Kier alpha value is -2.73. The Morgan fingerprint density at radius 3 is 2.52 bits per heavy atom. The molecule has 0 saturated carbocycles. The third-order valence-corrected chi connectivity index (χ3v) is 5.54. The number of rotatable bonds is 2. The standard InChI is InChI=1S/C21H24N6/c1-13-8-17(18-9-14(2)21-23-15(3)10-27(21)25-18)11-26-12-19(24-20(13)26)16-4-6-22-7-5-16/h8-12,16,22H,4-7H2,1-3H3. The van der Waals surface area contributed by atoms with Gasteiger partial charge in [-0.1, -0.05) is 0 Å². The van der Waals surface area contributed by atoms with E-state index in [4.69, 9.17) is 10.1 Å². The van der Waals surface area contributed by atoms with Gasteiger partial charge in [0, 0.05) is 23.9 Å². The number of nitrogens with zero attached hydrogens (tertiary/aromatic N) is 5. The van der Waals surface area contributed by atoms with Crippen molar-refractivity contribution >= 4 is 11.3 Å². The van der Waals surface area contributed by atoms with Gasteiger partial charge in [-0.05, 0) is 70.0 Å². The Labute approximate surface area is 158 Å². The Morgan fingerprint density at radius 2 is 1.70 bits per heavy atom. The molecule has 0 atom stereocenters. The highest BCUT2D eigenvalue weighted by Gasteiger charge is 2.19. The molecule has 1 aliphatic rings. The van der Waals surface area contributed by atoms with Gasteiger partial charge in [-0.3, -0.25) is 0 Å². The van der Waals surface area contributed by atoms with Gasteiger partial charge in [-0.15, -0.1) is 0 Å². The molecule has 6 nitrogen and oxygen atoms in total. The van der Waals surface area contributed by atoms with Gasteiger partial charge in [0.1, 0.15) is 5.65 Å². The van der Waals surface area contributed by atoms with E-state index in [-0.39, 0.29) is 0 Å². The molecule has 5 heterocycles. The van der Waals surface area contributed by atoms with Gasteiger partial charge in [0.05, 0.1) is 23.3 Å². The lowest BCUT2D eigenvalue weighted by Crippen LogP contribution is -2.26. The molecule has 4 aromatic heterocycles. The lowest BCUT2D eigenvalue weighted by atomic mass is 9.95. The second-order valence-corrected chi connectivity index (χ2v) is 7.70. The first-order valence-electron chi connectivity index (χ1n) is 9.62. The van der Waals surface area contributed by atoms with Crippen LogP contribution in [0.1, 0.15) is 41.3 Å². The van der Waals surface area contributed by atoms with Crippen molar-refractivity contribution in [3.63, 3.8) is 0 Å². The summed E-state index contributed by atoms with van der Waals surface area (Å²) < 4.78 is 4.05. The van der Waals surface area contributed by atoms with E-state index in [2.05, 4.69) is 53.1 Å². The number of nitrogens with one attached hydrogen (secondary N) is 1. The van der Waals surface area contributed by atoms with Crippen molar-refractivity contribution < 1.29 is 0 Å². The minimum Gasteiger partial charge on any atom is -0.317 e. The van der Waals surface area contributed by atoms with Crippen molar-refractivity contribution in [3.05, 3.63) is 53.2 Å². The first-order valence-corrected chi connectivity index (χ1v) is 9.62. The zero-order valence-electron chi connectivity index (χ0n) is 16.0. The quantitative estimate of drug-likeness (QED) is 0.595. The van der Waals surface area contributed by atoms with Crippen LogP contribution in [-0.4, -0.2) is 37.1 Å². The number of hydrogen-bond acceptors (Lipinski definition) is 4. The van der Waals surface area contributed by atoms with E-state index in [1.807, 2.05) is 17.6 Å². The summed E-state index contributed by atoms with van der Waals surface area (Å²) in [5.41, 5.74) is 8.52. The molecule has 1 aliphatic heterocycles. The van der Waals surface area contributed by atoms with E-state index in [0.717, 1.165) is 59.7 Å². The molecule has 0 amide bonds. The van der Waals surface area contributed by atoms with Crippen LogP contribution in [0, 0.1) is 20.8 Å². The Morgan fingerprint density at radius 1 is 0.926 bits per heavy atom. The Balaban J connectivity index is 1.61. The average molecular weight is 360 g/mol. The van der Waals surface area contributed by atoms with Crippen LogP contribution < -0.4 is 5.32 Å². The van der Waals surface area contributed by atoms with Crippen molar-refractivity contribution in [2.45, 2.75) is 39.5 Å². The summed E-state index contributed by atoms with van der Waals surface area (Å²) >= 11 is 0. The van der Waals surface area contributed by atoms with Crippen LogP contribution in [0.3, 0.4) is 0 Å². The van der Waals surface area contributed by atoms with Crippen molar-refractivity contribution in [3.8, 4) is 11.3 Å². The molecule has 0 radical (unpaired) electrons. The number of piperidine rings is 1. The first kappa shape index (κ1) is 16.4. The summed E-state index contributed by atoms with van der Waals surface area (Å²) in [5.74, 6) is 0.555. The average Bonchev–Trinajstić information content (AvgIpc) is 3.26. The molecule has 1 saturated heterocycles. The topological polar surface area (TPSA) is 59.5 Å². The fourth-order valence-corrected chi connectivity index (χ4v) is 4.13. The van der Waals surface area contributed by atoms with Crippen LogP contribution in [0.15, 0.2) is 30.7 Å². The van der Waals surface area contributed by atoms with Crippen molar-refractivity contribution in [2.24, 2.45) is 0 Å². The second kappa shape index (κ2) is 6.16. The molecular weight excluding hydrogens is 336 g/mol. The molecule has 138 valence electrons. The predicted octanol–water partition coefficient (Wildman–Crippen LogP) is 3.44. The van der Waals surface area contributed by atoms with Gasteiger partial charge in [-0.25, -0.2) is 14.5 Å². The summed E-state index contributed by atoms with van der Waals surface area (Å²) in [5, 5.41) is 8.22. The van der Waals surface area contributed by atoms with E-state index in [1.165, 1.54) is 11.3 Å². The number of fused-ring (bicyclic) bond motifs is 2.